The molecule has 0 bridgehead atoms. The minimum Gasteiger partial charge on any atom is -0.371 e. The Labute approximate surface area is 107 Å². The second kappa shape index (κ2) is 6.21. The summed E-state index contributed by atoms with van der Waals surface area (Å²) in [6, 6.07) is 0.369. The fraction of sp³-hybridized carbons (Fsp3) is 1.00. The zero-order valence-corrected chi connectivity index (χ0v) is 11.3. The van der Waals surface area contributed by atoms with Crippen molar-refractivity contribution in [3.8, 4) is 0 Å². The first-order valence-corrected chi connectivity index (χ1v) is 6.33. The standard InChI is InChI=1S/C12H23F3N2O/c1-10-4-5-16-11(2,3)8-17(10)6-7-18-9-12(13,14)15/h10,16H,4-9H2,1-3H3. The molecule has 18 heavy (non-hydrogen) atoms. The summed E-state index contributed by atoms with van der Waals surface area (Å²) in [6.45, 7) is 7.59. The Morgan fingerprint density at radius 2 is 2.06 bits per heavy atom. The lowest BCUT2D eigenvalue weighted by Gasteiger charge is -2.32. The lowest BCUT2D eigenvalue weighted by molar-refractivity contribution is -0.174. The Kier molecular flexibility index (Phi) is 5.43. The molecule has 0 aromatic heterocycles. The summed E-state index contributed by atoms with van der Waals surface area (Å²) in [5, 5.41) is 3.43. The van der Waals surface area contributed by atoms with Crippen molar-refractivity contribution in [2.24, 2.45) is 0 Å². The summed E-state index contributed by atoms with van der Waals surface area (Å²) in [5.74, 6) is 0. The second-order valence-corrected chi connectivity index (χ2v) is 5.59. The lowest BCUT2D eigenvalue weighted by atomic mass is 10.1. The summed E-state index contributed by atoms with van der Waals surface area (Å²) in [6.07, 6.45) is -3.23. The average Bonchev–Trinajstić information content (AvgIpc) is 2.31. The molecule has 108 valence electrons. The van der Waals surface area contributed by atoms with Crippen molar-refractivity contribution < 1.29 is 17.9 Å². The van der Waals surface area contributed by atoms with Gasteiger partial charge in [-0.3, -0.25) is 4.90 Å². The van der Waals surface area contributed by atoms with Gasteiger partial charge in [-0.25, -0.2) is 0 Å². The second-order valence-electron chi connectivity index (χ2n) is 5.59. The van der Waals surface area contributed by atoms with Crippen LogP contribution >= 0.6 is 0 Å². The van der Waals surface area contributed by atoms with E-state index in [1.807, 2.05) is 0 Å². The van der Waals surface area contributed by atoms with Gasteiger partial charge in [-0.1, -0.05) is 0 Å². The summed E-state index contributed by atoms with van der Waals surface area (Å²) < 4.78 is 40.5. The van der Waals surface area contributed by atoms with Crippen molar-refractivity contribution in [3.05, 3.63) is 0 Å². The van der Waals surface area contributed by atoms with Crippen LogP contribution in [0.5, 0.6) is 0 Å². The minimum atomic E-state index is -4.23. The normalized spacial score (nSPS) is 26.0. The molecule has 1 rings (SSSR count). The molecule has 0 aliphatic carbocycles. The third-order valence-electron chi connectivity index (χ3n) is 3.18. The Hall–Kier alpha value is -0.330. The third-order valence-corrected chi connectivity index (χ3v) is 3.18. The maximum atomic E-state index is 11.9. The first-order valence-electron chi connectivity index (χ1n) is 6.33. The predicted octanol–water partition coefficient (Wildman–Crippen LogP) is 2.03. The monoisotopic (exact) mass is 268 g/mol. The number of ether oxygens (including phenoxy) is 1. The maximum absolute atomic E-state index is 11.9. The molecule has 0 spiro atoms. The van der Waals surface area contributed by atoms with E-state index >= 15 is 0 Å². The smallest absolute Gasteiger partial charge is 0.371 e. The largest absolute Gasteiger partial charge is 0.411 e. The van der Waals surface area contributed by atoms with Crippen LogP contribution in [0.4, 0.5) is 13.2 Å². The van der Waals surface area contributed by atoms with E-state index in [1.54, 1.807) is 0 Å². The van der Waals surface area contributed by atoms with E-state index < -0.39 is 12.8 Å². The van der Waals surface area contributed by atoms with Crippen molar-refractivity contribution >= 4 is 0 Å². The number of alkyl halides is 3. The molecule has 1 aliphatic rings. The van der Waals surface area contributed by atoms with Crippen LogP contribution in [0.25, 0.3) is 0 Å². The molecule has 1 atom stereocenters. The van der Waals surface area contributed by atoms with Gasteiger partial charge in [0.05, 0.1) is 6.61 Å². The van der Waals surface area contributed by atoms with Gasteiger partial charge in [-0.2, -0.15) is 13.2 Å². The molecule has 3 nitrogen and oxygen atoms in total. The molecule has 1 N–H and O–H groups in total. The van der Waals surface area contributed by atoms with E-state index in [0.717, 1.165) is 19.5 Å². The molecule has 1 saturated heterocycles. The Balaban J connectivity index is 2.34. The molecule has 1 aliphatic heterocycles. The van der Waals surface area contributed by atoms with Gasteiger partial charge in [0, 0.05) is 24.7 Å². The molecule has 1 unspecified atom stereocenters. The average molecular weight is 268 g/mol. The van der Waals surface area contributed by atoms with Crippen molar-refractivity contribution in [2.45, 2.75) is 44.9 Å². The highest BCUT2D eigenvalue weighted by Crippen LogP contribution is 2.16. The van der Waals surface area contributed by atoms with Gasteiger partial charge < -0.3 is 10.1 Å². The molecule has 1 heterocycles. The SMILES string of the molecule is CC1CCNC(C)(C)CN1CCOCC(F)(F)F. The van der Waals surface area contributed by atoms with Crippen LogP contribution in [0.1, 0.15) is 27.2 Å². The van der Waals surface area contributed by atoms with Crippen LogP contribution in [-0.2, 0) is 4.74 Å². The number of nitrogens with one attached hydrogen (secondary N) is 1. The van der Waals surface area contributed by atoms with Gasteiger partial charge >= 0.3 is 6.18 Å². The molecule has 6 heteroatoms. The number of halogens is 3. The third kappa shape index (κ3) is 6.02. The summed E-state index contributed by atoms with van der Waals surface area (Å²) >= 11 is 0. The Morgan fingerprint density at radius 3 is 2.67 bits per heavy atom. The number of rotatable bonds is 4. The van der Waals surface area contributed by atoms with Crippen LogP contribution in [-0.4, -0.2) is 55.5 Å². The molecule has 1 fully saturated rings. The van der Waals surface area contributed by atoms with E-state index in [2.05, 4.69) is 35.7 Å². The summed E-state index contributed by atoms with van der Waals surface area (Å²) in [4.78, 5) is 2.19. The first kappa shape index (κ1) is 15.7. The van der Waals surface area contributed by atoms with E-state index in [4.69, 9.17) is 0 Å². The number of hydrogen-bond acceptors (Lipinski definition) is 3. The van der Waals surface area contributed by atoms with Gasteiger partial charge in [0.1, 0.15) is 6.61 Å². The van der Waals surface area contributed by atoms with Crippen LogP contribution in [0, 0.1) is 0 Å². The van der Waals surface area contributed by atoms with Crippen LogP contribution in [0.15, 0.2) is 0 Å². The minimum absolute atomic E-state index is 0.00517. The number of hydrogen-bond donors (Lipinski definition) is 1. The predicted molar refractivity (Wildman–Crippen MR) is 64.6 cm³/mol. The van der Waals surface area contributed by atoms with Gasteiger partial charge in [0.25, 0.3) is 0 Å². The summed E-state index contributed by atoms with van der Waals surface area (Å²) in [7, 11) is 0. The fourth-order valence-electron chi connectivity index (χ4n) is 2.19. The molecule has 0 amide bonds. The van der Waals surface area contributed by atoms with Crippen LogP contribution in [0.3, 0.4) is 0 Å². The van der Waals surface area contributed by atoms with Crippen molar-refractivity contribution in [2.75, 3.05) is 32.8 Å². The van der Waals surface area contributed by atoms with Crippen molar-refractivity contribution in [3.63, 3.8) is 0 Å². The number of nitrogens with zero attached hydrogens (tertiary/aromatic N) is 1. The lowest BCUT2D eigenvalue weighted by Crippen LogP contribution is -2.48. The van der Waals surface area contributed by atoms with E-state index in [-0.39, 0.29) is 12.1 Å². The highest BCUT2D eigenvalue weighted by molar-refractivity contribution is 4.87. The van der Waals surface area contributed by atoms with Crippen molar-refractivity contribution in [1.29, 1.82) is 0 Å². The maximum Gasteiger partial charge on any atom is 0.411 e. The zero-order valence-electron chi connectivity index (χ0n) is 11.3. The van der Waals surface area contributed by atoms with Crippen LogP contribution in [0.2, 0.25) is 0 Å². The van der Waals surface area contributed by atoms with Crippen molar-refractivity contribution in [1.82, 2.24) is 10.2 Å². The zero-order chi connectivity index (χ0) is 13.8. The van der Waals surface area contributed by atoms with Crippen LogP contribution < -0.4 is 5.32 Å². The molecule has 0 radical (unpaired) electrons. The summed E-state index contributed by atoms with van der Waals surface area (Å²) in [5.41, 5.74) is -0.00517. The quantitative estimate of drug-likeness (QED) is 0.790. The molecule has 0 saturated carbocycles. The first-order chi connectivity index (χ1) is 8.20. The Bertz CT molecular complexity index is 256. The highest BCUT2D eigenvalue weighted by Gasteiger charge is 2.29. The molecular weight excluding hydrogens is 245 g/mol. The fourth-order valence-corrected chi connectivity index (χ4v) is 2.19. The molecule has 0 aromatic carbocycles. The van der Waals surface area contributed by atoms with Gasteiger partial charge in [-0.15, -0.1) is 0 Å². The van der Waals surface area contributed by atoms with E-state index in [9.17, 15) is 13.2 Å². The van der Waals surface area contributed by atoms with E-state index in [1.165, 1.54) is 0 Å². The van der Waals surface area contributed by atoms with Gasteiger partial charge in [0.2, 0.25) is 0 Å². The van der Waals surface area contributed by atoms with E-state index in [0.29, 0.717) is 12.6 Å². The van der Waals surface area contributed by atoms with Gasteiger partial charge in [-0.05, 0) is 33.7 Å². The Morgan fingerprint density at radius 1 is 1.39 bits per heavy atom. The van der Waals surface area contributed by atoms with Gasteiger partial charge in [0.15, 0.2) is 0 Å². The topological polar surface area (TPSA) is 24.5 Å². The molecule has 0 aromatic rings. The molecular formula is C12H23F3N2O. The highest BCUT2D eigenvalue weighted by atomic mass is 19.4.